The van der Waals surface area contributed by atoms with E-state index in [9.17, 15) is 9.18 Å². The smallest absolute Gasteiger partial charge is 0.236 e. The quantitative estimate of drug-likeness (QED) is 0.850. The Morgan fingerprint density at radius 1 is 1.56 bits per heavy atom. The van der Waals surface area contributed by atoms with E-state index < -0.39 is 6.04 Å². The molecule has 0 aliphatic heterocycles. The van der Waals surface area contributed by atoms with Crippen molar-refractivity contribution < 1.29 is 9.18 Å². The van der Waals surface area contributed by atoms with Gasteiger partial charge in [-0.15, -0.1) is 12.4 Å². The first kappa shape index (κ1) is 14.9. The summed E-state index contributed by atoms with van der Waals surface area (Å²) in [6.07, 6.45) is 0. The van der Waals surface area contributed by atoms with Crippen molar-refractivity contribution in [3.8, 4) is 0 Å². The van der Waals surface area contributed by atoms with Gasteiger partial charge in [0.25, 0.3) is 0 Å². The van der Waals surface area contributed by atoms with E-state index in [1.54, 1.807) is 26.0 Å². The molecule has 1 atom stereocenters. The predicted octanol–water partition coefficient (Wildman–Crippen LogP) is 1.52. The zero-order valence-electron chi connectivity index (χ0n) is 9.29. The van der Waals surface area contributed by atoms with Crippen LogP contribution < -0.4 is 11.1 Å². The average molecular weight is 247 g/mol. The zero-order chi connectivity index (χ0) is 11.4. The zero-order valence-corrected chi connectivity index (χ0v) is 10.1. The Morgan fingerprint density at radius 2 is 2.19 bits per heavy atom. The van der Waals surface area contributed by atoms with Crippen LogP contribution in [0.1, 0.15) is 18.1 Å². The maximum Gasteiger partial charge on any atom is 0.236 e. The van der Waals surface area contributed by atoms with Crippen molar-refractivity contribution in [1.29, 1.82) is 0 Å². The van der Waals surface area contributed by atoms with Gasteiger partial charge in [-0.1, -0.05) is 12.1 Å². The summed E-state index contributed by atoms with van der Waals surface area (Å²) in [7, 11) is 0. The SMILES string of the molecule is Cc1cc(CNC(=O)[C@H](C)N)ccc1F.Cl. The first-order valence-corrected chi connectivity index (χ1v) is 4.79. The second kappa shape index (κ2) is 6.45. The molecule has 1 aromatic rings. The van der Waals surface area contributed by atoms with E-state index >= 15 is 0 Å². The molecule has 3 nitrogen and oxygen atoms in total. The number of halogens is 2. The summed E-state index contributed by atoms with van der Waals surface area (Å²) in [4.78, 5) is 11.2. The van der Waals surface area contributed by atoms with Gasteiger partial charge in [0.1, 0.15) is 5.82 Å². The second-order valence-corrected chi connectivity index (χ2v) is 3.59. The Bertz CT molecular complexity index is 369. The summed E-state index contributed by atoms with van der Waals surface area (Å²) in [6.45, 7) is 3.68. The summed E-state index contributed by atoms with van der Waals surface area (Å²) in [5, 5.41) is 2.66. The highest BCUT2D eigenvalue weighted by Gasteiger charge is 2.06. The van der Waals surface area contributed by atoms with Gasteiger partial charge in [-0.2, -0.15) is 0 Å². The van der Waals surface area contributed by atoms with Gasteiger partial charge >= 0.3 is 0 Å². The maximum absolute atomic E-state index is 12.9. The number of rotatable bonds is 3. The van der Waals surface area contributed by atoms with Crippen molar-refractivity contribution in [2.75, 3.05) is 0 Å². The molecule has 1 amide bonds. The van der Waals surface area contributed by atoms with Crippen molar-refractivity contribution in [3.63, 3.8) is 0 Å². The lowest BCUT2D eigenvalue weighted by Crippen LogP contribution is -2.37. The number of amides is 1. The van der Waals surface area contributed by atoms with Gasteiger partial charge in [0, 0.05) is 6.54 Å². The number of carbonyl (C=O) groups is 1. The number of hydrogen-bond acceptors (Lipinski definition) is 2. The largest absolute Gasteiger partial charge is 0.351 e. The molecule has 0 aliphatic rings. The van der Waals surface area contributed by atoms with E-state index in [1.165, 1.54) is 6.07 Å². The first-order valence-electron chi connectivity index (χ1n) is 4.79. The molecule has 1 aromatic carbocycles. The molecule has 0 heterocycles. The molecule has 1 rings (SSSR count). The molecule has 0 aliphatic carbocycles. The monoisotopic (exact) mass is 246 g/mol. The molecule has 0 spiro atoms. The van der Waals surface area contributed by atoms with Gasteiger partial charge in [0.2, 0.25) is 5.91 Å². The van der Waals surface area contributed by atoms with Crippen LogP contribution in [0.2, 0.25) is 0 Å². The lowest BCUT2D eigenvalue weighted by molar-refractivity contribution is -0.122. The van der Waals surface area contributed by atoms with Gasteiger partial charge in [-0.05, 0) is 31.0 Å². The normalized spacial score (nSPS) is 11.5. The standard InChI is InChI=1S/C11H15FN2O.ClH/c1-7-5-9(3-4-10(7)12)6-14-11(15)8(2)13;/h3-5,8H,6,13H2,1-2H3,(H,14,15);1H/t8-;/m0./s1. The van der Waals surface area contributed by atoms with E-state index in [-0.39, 0.29) is 24.1 Å². The predicted molar refractivity (Wildman–Crippen MR) is 63.9 cm³/mol. The average Bonchev–Trinajstić information content (AvgIpc) is 2.19. The van der Waals surface area contributed by atoms with E-state index in [0.29, 0.717) is 12.1 Å². The summed E-state index contributed by atoms with van der Waals surface area (Å²) >= 11 is 0. The molecule has 0 fully saturated rings. The molecular formula is C11H16ClFN2O. The van der Waals surface area contributed by atoms with Crippen LogP contribution in [-0.2, 0) is 11.3 Å². The summed E-state index contributed by atoms with van der Waals surface area (Å²) in [5.41, 5.74) is 6.82. The fourth-order valence-electron chi connectivity index (χ4n) is 1.17. The van der Waals surface area contributed by atoms with Crippen molar-refractivity contribution in [2.45, 2.75) is 26.4 Å². The fourth-order valence-corrected chi connectivity index (χ4v) is 1.17. The van der Waals surface area contributed by atoms with Crippen LogP contribution in [0.3, 0.4) is 0 Å². The Kier molecular flexibility index (Phi) is 6.00. The minimum absolute atomic E-state index is 0. The van der Waals surface area contributed by atoms with Gasteiger partial charge in [0.15, 0.2) is 0 Å². The van der Waals surface area contributed by atoms with Crippen LogP contribution in [0.25, 0.3) is 0 Å². The van der Waals surface area contributed by atoms with Gasteiger partial charge in [0.05, 0.1) is 6.04 Å². The lowest BCUT2D eigenvalue weighted by Gasteiger charge is -2.08. The van der Waals surface area contributed by atoms with Crippen LogP contribution >= 0.6 is 12.4 Å². The van der Waals surface area contributed by atoms with Crippen molar-refractivity contribution in [3.05, 3.63) is 35.1 Å². The van der Waals surface area contributed by atoms with Gasteiger partial charge < -0.3 is 11.1 Å². The fraction of sp³-hybridized carbons (Fsp3) is 0.364. The van der Waals surface area contributed by atoms with Crippen molar-refractivity contribution >= 4 is 18.3 Å². The third kappa shape index (κ3) is 4.16. The third-order valence-electron chi connectivity index (χ3n) is 2.10. The Hall–Kier alpha value is -1.13. The van der Waals surface area contributed by atoms with Crippen LogP contribution in [0.4, 0.5) is 4.39 Å². The molecule has 0 saturated heterocycles. The minimum Gasteiger partial charge on any atom is -0.351 e. The highest BCUT2D eigenvalue weighted by atomic mass is 35.5. The Morgan fingerprint density at radius 3 is 2.69 bits per heavy atom. The van der Waals surface area contributed by atoms with E-state index in [4.69, 9.17) is 5.73 Å². The molecule has 0 bridgehead atoms. The topological polar surface area (TPSA) is 55.1 Å². The lowest BCUT2D eigenvalue weighted by atomic mass is 10.1. The highest BCUT2D eigenvalue weighted by molar-refractivity contribution is 5.85. The minimum atomic E-state index is -0.522. The van der Waals surface area contributed by atoms with E-state index in [1.807, 2.05) is 0 Å². The number of aryl methyl sites for hydroxylation is 1. The van der Waals surface area contributed by atoms with Gasteiger partial charge in [-0.3, -0.25) is 4.79 Å². The summed E-state index contributed by atoms with van der Waals surface area (Å²) < 4.78 is 12.9. The molecular weight excluding hydrogens is 231 g/mol. The van der Waals surface area contributed by atoms with Crippen LogP contribution in [0, 0.1) is 12.7 Å². The summed E-state index contributed by atoms with van der Waals surface area (Å²) in [5.74, 6) is -0.450. The molecule has 0 saturated carbocycles. The van der Waals surface area contributed by atoms with Gasteiger partial charge in [-0.25, -0.2) is 4.39 Å². The molecule has 16 heavy (non-hydrogen) atoms. The third-order valence-corrected chi connectivity index (χ3v) is 2.10. The van der Waals surface area contributed by atoms with E-state index in [2.05, 4.69) is 5.32 Å². The van der Waals surface area contributed by atoms with E-state index in [0.717, 1.165) is 5.56 Å². The van der Waals surface area contributed by atoms with Crippen LogP contribution in [0.15, 0.2) is 18.2 Å². The first-order chi connectivity index (χ1) is 7.00. The molecule has 3 N–H and O–H groups in total. The van der Waals surface area contributed by atoms with Crippen LogP contribution in [0.5, 0.6) is 0 Å². The Balaban J connectivity index is 0.00000225. The number of carbonyl (C=O) groups excluding carboxylic acids is 1. The van der Waals surface area contributed by atoms with Crippen LogP contribution in [-0.4, -0.2) is 11.9 Å². The number of nitrogens with one attached hydrogen (secondary N) is 1. The molecule has 0 radical (unpaired) electrons. The number of benzene rings is 1. The highest BCUT2D eigenvalue weighted by Crippen LogP contribution is 2.08. The summed E-state index contributed by atoms with van der Waals surface area (Å²) in [6, 6.07) is 4.22. The number of hydrogen-bond donors (Lipinski definition) is 2. The van der Waals surface area contributed by atoms with Crippen molar-refractivity contribution in [1.82, 2.24) is 5.32 Å². The Labute approximate surface area is 101 Å². The number of nitrogens with two attached hydrogens (primary N) is 1. The molecule has 90 valence electrons. The maximum atomic E-state index is 12.9. The molecule has 5 heteroatoms. The molecule has 0 unspecified atom stereocenters. The second-order valence-electron chi connectivity index (χ2n) is 3.59. The molecule has 0 aromatic heterocycles. The van der Waals surface area contributed by atoms with Crippen molar-refractivity contribution in [2.24, 2.45) is 5.73 Å².